The third-order valence-electron chi connectivity index (χ3n) is 3.98. The molecule has 0 spiro atoms. The molecule has 0 aromatic heterocycles. The summed E-state index contributed by atoms with van der Waals surface area (Å²) in [5.74, 6) is -3.80. The Labute approximate surface area is 146 Å². The third kappa shape index (κ3) is 7.79. The van der Waals surface area contributed by atoms with Gasteiger partial charge in [-0.05, 0) is 45.2 Å². The molecule has 5 nitrogen and oxygen atoms in total. The van der Waals surface area contributed by atoms with E-state index in [1.165, 1.54) is 6.92 Å². The van der Waals surface area contributed by atoms with Crippen molar-refractivity contribution in [1.82, 2.24) is 4.90 Å². The van der Waals surface area contributed by atoms with Gasteiger partial charge in [-0.1, -0.05) is 0 Å². The smallest absolute Gasteiger partial charge is 0.461 e. The van der Waals surface area contributed by atoms with Crippen molar-refractivity contribution < 1.29 is 45.4 Å². The van der Waals surface area contributed by atoms with E-state index in [2.05, 4.69) is 4.74 Å². The molecule has 152 valence electrons. The number of piperidine rings is 1. The lowest BCUT2D eigenvalue weighted by Gasteiger charge is -2.34. The van der Waals surface area contributed by atoms with Gasteiger partial charge in [0.25, 0.3) is 0 Å². The zero-order chi connectivity index (χ0) is 20.1. The van der Waals surface area contributed by atoms with Gasteiger partial charge in [-0.15, -0.1) is 0 Å². The van der Waals surface area contributed by atoms with E-state index in [0.717, 1.165) is 0 Å². The Balaban J connectivity index is 2.54. The van der Waals surface area contributed by atoms with Crippen molar-refractivity contribution >= 4 is 11.9 Å². The van der Waals surface area contributed by atoms with Crippen LogP contribution in [0.2, 0.25) is 0 Å². The fourth-order valence-electron chi connectivity index (χ4n) is 2.84. The van der Waals surface area contributed by atoms with Crippen LogP contribution < -0.4 is 0 Å². The molecule has 0 aromatic rings. The van der Waals surface area contributed by atoms with Crippen molar-refractivity contribution in [3.63, 3.8) is 0 Å². The lowest BCUT2D eigenvalue weighted by Crippen LogP contribution is -2.43. The maximum absolute atomic E-state index is 12.9. The fraction of sp³-hybridized carbons (Fsp3) is 0.867. The van der Waals surface area contributed by atoms with Gasteiger partial charge in [0.05, 0.1) is 0 Å². The second kappa shape index (κ2) is 8.92. The van der Waals surface area contributed by atoms with Gasteiger partial charge in [0.2, 0.25) is 0 Å². The molecule has 1 fully saturated rings. The second-order valence-corrected chi connectivity index (χ2v) is 6.33. The van der Waals surface area contributed by atoms with Crippen LogP contribution in [0.3, 0.4) is 0 Å². The molecule has 2 unspecified atom stereocenters. The zero-order valence-corrected chi connectivity index (χ0v) is 14.3. The van der Waals surface area contributed by atoms with Crippen molar-refractivity contribution in [1.29, 1.82) is 0 Å². The van der Waals surface area contributed by atoms with E-state index < -0.39 is 42.7 Å². The van der Waals surface area contributed by atoms with Crippen LogP contribution in [-0.2, 0) is 19.1 Å². The molecule has 2 atom stereocenters. The van der Waals surface area contributed by atoms with Gasteiger partial charge < -0.3 is 9.47 Å². The summed E-state index contributed by atoms with van der Waals surface area (Å²) in [4.78, 5) is 23.5. The number of hydrogen-bond acceptors (Lipinski definition) is 5. The van der Waals surface area contributed by atoms with Crippen LogP contribution in [0, 0.1) is 5.92 Å². The van der Waals surface area contributed by atoms with Gasteiger partial charge in [0.15, 0.2) is 6.10 Å². The Bertz CT molecular complexity index is 486. The number of likely N-dealkylation sites (tertiary alicyclic amines) is 1. The summed E-state index contributed by atoms with van der Waals surface area (Å²) in [5, 5.41) is 0. The van der Waals surface area contributed by atoms with Crippen molar-refractivity contribution in [3.05, 3.63) is 0 Å². The van der Waals surface area contributed by atoms with Gasteiger partial charge >= 0.3 is 24.3 Å². The van der Waals surface area contributed by atoms with Crippen LogP contribution in [0.15, 0.2) is 0 Å². The lowest BCUT2D eigenvalue weighted by atomic mass is 9.90. The highest BCUT2D eigenvalue weighted by atomic mass is 19.4. The summed E-state index contributed by atoms with van der Waals surface area (Å²) in [5.41, 5.74) is 0. The molecular formula is C15H21F6NO4. The molecular weight excluding hydrogens is 372 g/mol. The predicted octanol–water partition coefficient (Wildman–Crippen LogP) is 3.08. The average Bonchev–Trinajstić information content (AvgIpc) is 2.45. The number of carbonyl (C=O) groups excluding carboxylic acids is 2. The average molecular weight is 393 g/mol. The van der Waals surface area contributed by atoms with Crippen LogP contribution >= 0.6 is 0 Å². The molecule has 1 saturated heterocycles. The SMILES string of the molecule is CC(=O)OC(C)CN1CCC(CC(OC(=O)C(F)(F)F)C(F)(F)F)CC1. The van der Waals surface area contributed by atoms with Crippen LogP contribution in [0.5, 0.6) is 0 Å². The minimum Gasteiger partial charge on any atom is -0.461 e. The van der Waals surface area contributed by atoms with E-state index in [0.29, 0.717) is 32.5 Å². The Morgan fingerprint density at radius 1 is 1.08 bits per heavy atom. The van der Waals surface area contributed by atoms with E-state index in [1.807, 2.05) is 4.90 Å². The largest absolute Gasteiger partial charge is 0.490 e. The van der Waals surface area contributed by atoms with E-state index in [1.54, 1.807) is 6.92 Å². The van der Waals surface area contributed by atoms with Gasteiger partial charge in [-0.3, -0.25) is 9.69 Å². The number of hydrogen-bond donors (Lipinski definition) is 0. The van der Waals surface area contributed by atoms with Crippen molar-refractivity contribution in [2.45, 2.75) is 57.7 Å². The molecule has 1 aliphatic heterocycles. The first-order valence-electron chi connectivity index (χ1n) is 8.03. The Kier molecular flexibility index (Phi) is 7.72. The first kappa shape index (κ1) is 22.5. The topological polar surface area (TPSA) is 55.8 Å². The number of halogens is 6. The fourth-order valence-corrected chi connectivity index (χ4v) is 2.84. The lowest BCUT2D eigenvalue weighted by molar-refractivity contribution is -0.248. The summed E-state index contributed by atoms with van der Waals surface area (Å²) in [6.07, 6.45) is -13.8. The number of ether oxygens (including phenoxy) is 2. The standard InChI is InChI=1S/C15H21F6NO4/c1-9(25-10(2)23)8-22-5-3-11(4-6-22)7-12(14(16,17)18)26-13(24)15(19,20)21/h9,11-12H,3-8H2,1-2H3. The number of esters is 2. The van der Waals surface area contributed by atoms with Crippen molar-refractivity contribution in [2.24, 2.45) is 5.92 Å². The van der Waals surface area contributed by atoms with Gasteiger partial charge in [-0.25, -0.2) is 4.79 Å². The summed E-state index contributed by atoms with van der Waals surface area (Å²) >= 11 is 0. The molecule has 0 radical (unpaired) electrons. The predicted molar refractivity (Wildman–Crippen MR) is 77.0 cm³/mol. The van der Waals surface area contributed by atoms with E-state index >= 15 is 0 Å². The molecule has 26 heavy (non-hydrogen) atoms. The molecule has 0 saturated carbocycles. The summed E-state index contributed by atoms with van der Waals surface area (Å²) < 4.78 is 83.8. The number of rotatable bonds is 6. The Hall–Kier alpha value is -1.52. The maximum atomic E-state index is 12.9. The Morgan fingerprint density at radius 3 is 2.04 bits per heavy atom. The van der Waals surface area contributed by atoms with Gasteiger partial charge in [-0.2, -0.15) is 26.3 Å². The summed E-state index contributed by atoms with van der Waals surface area (Å²) in [7, 11) is 0. The van der Waals surface area contributed by atoms with E-state index in [-0.39, 0.29) is 6.10 Å². The van der Waals surface area contributed by atoms with E-state index in [4.69, 9.17) is 4.74 Å². The molecule has 0 bridgehead atoms. The second-order valence-electron chi connectivity index (χ2n) is 6.33. The summed E-state index contributed by atoms with van der Waals surface area (Å²) in [6, 6.07) is 0. The molecule has 1 heterocycles. The highest BCUT2D eigenvalue weighted by Gasteiger charge is 2.49. The van der Waals surface area contributed by atoms with Crippen LogP contribution in [0.1, 0.15) is 33.1 Å². The third-order valence-corrected chi connectivity index (χ3v) is 3.98. The van der Waals surface area contributed by atoms with Crippen LogP contribution in [0.4, 0.5) is 26.3 Å². The van der Waals surface area contributed by atoms with E-state index in [9.17, 15) is 35.9 Å². The van der Waals surface area contributed by atoms with Gasteiger partial charge in [0.1, 0.15) is 6.10 Å². The molecule has 11 heteroatoms. The minimum absolute atomic E-state index is 0.308. The number of alkyl halides is 6. The quantitative estimate of drug-likeness (QED) is 0.513. The van der Waals surface area contributed by atoms with Crippen molar-refractivity contribution in [2.75, 3.05) is 19.6 Å². The van der Waals surface area contributed by atoms with Crippen LogP contribution in [-0.4, -0.2) is 61.0 Å². The highest BCUT2D eigenvalue weighted by molar-refractivity contribution is 5.75. The van der Waals surface area contributed by atoms with Crippen LogP contribution in [0.25, 0.3) is 0 Å². The minimum atomic E-state index is -5.47. The first-order chi connectivity index (χ1) is 11.8. The monoisotopic (exact) mass is 393 g/mol. The maximum Gasteiger partial charge on any atom is 0.490 e. The Morgan fingerprint density at radius 2 is 1.62 bits per heavy atom. The molecule has 0 N–H and O–H groups in total. The van der Waals surface area contributed by atoms with Gasteiger partial charge in [0, 0.05) is 13.5 Å². The molecule has 0 aromatic carbocycles. The molecule has 0 aliphatic carbocycles. The molecule has 1 aliphatic rings. The zero-order valence-electron chi connectivity index (χ0n) is 14.3. The number of carbonyl (C=O) groups is 2. The summed E-state index contributed by atoms with van der Waals surface area (Å²) in [6.45, 7) is 4.19. The number of nitrogens with zero attached hydrogens (tertiary/aromatic N) is 1. The molecule has 1 rings (SSSR count). The first-order valence-corrected chi connectivity index (χ1v) is 8.03. The highest BCUT2D eigenvalue weighted by Crippen LogP contribution is 2.33. The van der Waals surface area contributed by atoms with Crippen molar-refractivity contribution in [3.8, 4) is 0 Å². The normalized spacial score (nSPS) is 19.7. The molecule has 0 amide bonds.